The molecular formula is C25H29N3O5. The van der Waals surface area contributed by atoms with Gasteiger partial charge >= 0.3 is 5.97 Å². The van der Waals surface area contributed by atoms with E-state index in [1.165, 1.54) is 12.1 Å². The molecule has 1 aliphatic rings. The minimum absolute atomic E-state index is 0.0408. The Kier molecular flexibility index (Phi) is 8.18. The number of amides is 3. The summed E-state index contributed by atoms with van der Waals surface area (Å²) in [5.74, 6) is -1.79. The first kappa shape index (κ1) is 24.0. The van der Waals surface area contributed by atoms with Gasteiger partial charge in [-0.1, -0.05) is 37.6 Å². The lowest BCUT2D eigenvalue weighted by Crippen LogP contribution is -2.45. The zero-order valence-corrected chi connectivity index (χ0v) is 18.7. The number of carbonyl (C=O) groups is 4. The van der Waals surface area contributed by atoms with E-state index in [1.54, 1.807) is 41.3 Å². The molecule has 3 N–H and O–H groups in total. The fraction of sp³-hybridized carbons (Fsp3) is 0.360. The van der Waals surface area contributed by atoms with E-state index < -0.39 is 17.9 Å². The molecule has 3 rings (SSSR count). The lowest BCUT2D eigenvalue weighted by atomic mass is 10.1. The molecule has 1 fully saturated rings. The summed E-state index contributed by atoms with van der Waals surface area (Å²) in [7, 11) is 0. The number of hydrogen-bond donors (Lipinski definition) is 3. The summed E-state index contributed by atoms with van der Waals surface area (Å²) in [4.78, 5) is 50.5. The Balaban J connectivity index is 1.55. The molecule has 8 nitrogen and oxygen atoms in total. The molecule has 3 amide bonds. The Morgan fingerprint density at radius 3 is 2.39 bits per heavy atom. The SMILES string of the molecule is CCCCC(=O)N1CCCC1C(=O)NCc1ccc(NC(=O)c2ccccc2C(=O)O)cc1. The molecule has 0 radical (unpaired) electrons. The smallest absolute Gasteiger partial charge is 0.336 e. The number of hydrogen-bond acceptors (Lipinski definition) is 4. The van der Waals surface area contributed by atoms with Crippen molar-refractivity contribution in [3.8, 4) is 0 Å². The van der Waals surface area contributed by atoms with Crippen LogP contribution in [0.4, 0.5) is 5.69 Å². The summed E-state index contributed by atoms with van der Waals surface area (Å²) in [5.41, 5.74) is 1.37. The molecule has 0 aromatic heterocycles. The van der Waals surface area contributed by atoms with Crippen LogP contribution in [-0.4, -0.2) is 46.3 Å². The van der Waals surface area contributed by atoms with Crippen LogP contribution in [0.15, 0.2) is 48.5 Å². The van der Waals surface area contributed by atoms with Crippen LogP contribution in [0, 0.1) is 0 Å². The van der Waals surface area contributed by atoms with E-state index in [2.05, 4.69) is 10.6 Å². The molecule has 2 aromatic rings. The summed E-state index contributed by atoms with van der Waals surface area (Å²) in [6.07, 6.45) is 3.75. The molecule has 8 heteroatoms. The predicted molar refractivity (Wildman–Crippen MR) is 124 cm³/mol. The van der Waals surface area contributed by atoms with Gasteiger partial charge in [-0.2, -0.15) is 0 Å². The van der Waals surface area contributed by atoms with Gasteiger partial charge in [0.2, 0.25) is 11.8 Å². The Hall–Kier alpha value is -3.68. The molecule has 0 aliphatic carbocycles. The van der Waals surface area contributed by atoms with Crippen molar-refractivity contribution >= 4 is 29.4 Å². The summed E-state index contributed by atoms with van der Waals surface area (Å²) < 4.78 is 0. The Bertz CT molecular complexity index is 1020. The number of nitrogens with zero attached hydrogens (tertiary/aromatic N) is 1. The molecule has 1 unspecified atom stereocenters. The summed E-state index contributed by atoms with van der Waals surface area (Å²) >= 11 is 0. The first-order chi connectivity index (χ1) is 15.9. The molecule has 0 bridgehead atoms. The number of rotatable bonds is 9. The molecule has 1 aliphatic heterocycles. The first-order valence-corrected chi connectivity index (χ1v) is 11.2. The van der Waals surface area contributed by atoms with Crippen molar-refractivity contribution in [2.24, 2.45) is 0 Å². The van der Waals surface area contributed by atoms with Gasteiger partial charge in [0.05, 0.1) is 11.1 Å². The van der Waals surface area contributed by atoms with Gasteiger partial charge in [-0.3, -0.25) is 14.4 Å². The minimum Gasteiger partial charge on any atom is -0.478 e. The van der Waals surface area contributed by atoms with E-state index in [0.29, 0.717) is 31.6 Å². The van der Waals surface area contributed by atoms with Gasteiger partial charge in [-0.05, 0) is 49.1 Å². The number of unbranched alkanes of at least 4 members (excludes halogenated alkanes) is 1. The van der Waals surface area contributed by atoms with Crippen LogP contribution in [0.2, 0.25) is 0 Å². The molecule has 1 atom stereocenters. The maximum atomic E-state index is 12.7. The lowest BCUT2D eigenvalue weighted by molar-refractivity contribution is -0.138. The normalized spacial score (nSPS) is 15.2. The highest BCUT2D eigenvalue weighted by atomic mass is 16.4. The van der Waals surface area contributed by atoms with Gasteiger partial charge < -0.3 is 20.6 Å². The predicted octanol–water partition coefficient (Wildman–Crippen LogP) is 3.43. The zero-order chi connectivity index (χ0) is 23.8. The Morgan fingerprint density at radius 2 is 1.73 bits per heavy atom. The molecule has 1 heterocycles. The van der Waals surface area contributed by atoms with Crippen LogP contribution in [-0.2, 0) is 16.1 Å². The maximum Gasteiger partial charge on any atom is 0.336 e. The number of likely N-dealkylation sites (tertiary alicyclic amines) is 1. The number of carboxylic acid groups (broad SMARTS) is 1. The summed E-state index contributed by atoms with van der Waals surface area (Å²) in [6.45, 7) is 2.97. The number of anilines is 1. The highest BCUT2D eigenvalue weighted by molar-refractivity contribution is 6.10. The number of carboxylic acids is 1. The second-order valence-corrected chi connectivity index (χ2v) is 8.07. The first-order valence-electron chi connectivity index (χ1n) is 11.2. The highest BCUT2D eigenvalue weighted by Gasteiger charge is 2.33. The van der Waals surface area contributed by atoms with Crippen LogP contribution in [0.5, 0.6) is 0 Å². The third-order valence-electron chi connectivity index (χ3n) is 5.70. The molecule has 0 spiro atoms. The third kappa shape index (κ3) is 6.19. The monoisotopic (exact) mass is 451 g/mol. The molecule has 174 valence electrons. The van der Waals surface area contributed by atoms with Crippen molar-refractivity contribution < 1.29 is 24.3 Å². The average molecular weight is 452 g/mol. The van der Waals surface area contributed by atoms with Crippen LogP contribution < -0.4 is 10.6 Å². The van der Waals surface area contributed by atoms with Crippen molar-refractivity contribution in [1.82, 2.24) is 10.2 Å². The van der Waals surface area contributed by atoms with Gasteiger partial charge in [0.25, 0.3) is 5.91 Å². The van der Waals surface area contributed by atoms with E-state index >= 15 is 0 Å². The maximum absolute atomic E-state index is 12.7. The molecular weight excluding hydrogens is 422 g/mol. The summed E-state index contributed by atoms with van der Waals surface area (Å²) in [5, 5.41) is 14.8. The van der Waals surface area contributed by atoms with E-state index in [1.807, 2.05) is 6.92 Å². The standard InChI is InChI=1S/C25H29N3O5/c1-2-3-10-22(29)28-15-6-9-21(28)24(31)26-16-17-11-13-18(14-12-17)27-23(30)19-7-4-5-8-20(19)25(32)33/h4-5,7-8,11-14,21H,2-3,6,9-10,15-16H2,1H3,(H,26,31)(H,27,30)(H,32,33). The lowest BCUT2D eigenvalue weighted by Gasteiger charge is -2.24. The van der Waals surface area contributed by atoms with Crippen LogP contribution >= 0.6 is 0 Å². The van der Waals surface area contributed by atoms with Crippen molar-refractivity contribution in [1.29, 1.82) is 0 Å². The van der Waals surface area contributed by atoms with E-state index in [9.17, 15) is 24.3 Å². The number of nitrogens with one attached hydrogen (secondary N) is 2. The molecule has 1 saturated heterocycles. The Labute approximate surface area is 193 Å². The minimum atomic E-state index is -1.17. The van der Waals surface area contributed by atoms with Crippen molar-refractivity contribution in [2.45, 2.75) is 51.6 Å². The van der Waals surface area contributed by atoms with Gasteiger partial charge in [0.15, 0.2) is 0 Å². The van der Waals surface area contributed by atoms with Crippen LogP contribution in [0.25, 0.3) is 0 Å². The quantitative estimate of drug-likeness (QED) is 0.540. The zero-order valence-electron chi connectivity index (χ0n) is 18.7. The number of benzene rings is 2. The van der Waals surface area contributed by atoms with E-state index in [0.717, 1.165) is 24.8 Å². The second-order valence-electron chi connectivity index (χ2n) is 8.07. The fourth-order valence-corrected chi connectivity index (χ4v) is 3.89. The van der Waals surface area contributed by atoms with Gasteiger partial charge in [0, 0.05) is 25.2 Å². The average Bonchev–Trinajstić information content (AvgIpc) is 3.32. The third-order valence-corrected chi connectivity index (χ3v) is 5.70. The largest absolute Gasteiger partial charge is 0.478 e. The van der Waals surface area contributed by atoms with E-state index in [-0.39, 0.29) is 22.9 Å². The molecule has 33 heavy (non-hydrogen) atoms. The summed E-state index contributed by atoms with van der Waals surface area (Å²) in [6, 6.07) is 12.5. The van der Waals surface area contributed by atoms with Crippen molar-refractivity contribution in [3.05, 3.63) is 65.2 Å². The molecule has 0 saturated carbocycles. The van der Waals surface area contributed by atoms with Gasteiger partial charge in [0.1, 0.15) is 6.04 Å². The van der Waals surface area contributed by atoms with Crippen LogP contribution in [0.3, 0.4) is 0 Å². The fourth-order valence-electron chi connectivity index (χ4n) is 3.89. The van der Waals surface area contributed by atoms with E-state index in [4.69, 9.17) is 0 Å². The molecule has 2 aromatic carbocycles. The van der Waals surface area contributed by atoms with Crippen molar-refractivity contribution in [3.63, 3.8) is 0 Å². The number of carbonyl (C=O) groups excluding carboxylic acids is 3. The van der Waals surface area contributed by atoms with Gasteiger partial charge in [-0.15, -0.1) is 0 Å². The second kappa shape index (κ2) is 11.3. The van der Waals surface area contributed by atoms with Crippen molar-refractivity contribution in [2.75, 3.05) is 11.9 Å². The highest BCUT2D eigenvalue weighted by Crippen LogP contribution is 2.20. The topological polar surface area (TPSA) is 116 Å². The Morgan fingerprint density at radius 1 is 1.03 bits per heavy atom. The van der Waals surface area contributed by atoms with Gasteiger partial charge in [-0.25, -0.2) is 4.79 Å². The van der Waals surface area contributed by atoms with Crippen LogP contribution in [0.1, 0.15) is 65.3 Å². The number of aromatic carboxylic acids is 1.